The van der Waals surface area contributed by atoms with Crippen LogP contribution in [0.15, 0.2) is 35.9 Å². The highest BCUT2D eigenvalue weighted by molar-refractivity contribution is 5.37. The van der Waals surface area contributed by atoms with Crippen LogP contribution >= 0.6 is 0 Å². The van der Waals surface area contributed by atoms with Crippen molar-refractivity contribution in [3.8, 4) is 5.75 Å². The number of hydrogen-bond donors (Lipinski definition) is 0. The molecule has 1 aliphatic rings. The summed E-state index contributed by atoms with van der Waals surface area (Å²) in [4.78, 5) is 0. The zero-order valence-electron chi connectivity index (χ0n) is 8.79. The normalized spacial score (nSPS) is 18.6. The van der Waals surface area contributed by atoms with E-state index in [0.29, 0.717) is 6.10 Å². The van der Waals surface area contributed by atoms with Crippen LogP contribution in [0, 0.1) is 0 Å². The van der Waals surface area contributed by atoms with Crippen molar-refractivity contribution in [1.29, 1.82) is 0 Å². The molecule has 1 heteroatoms. The van der Waals surface area contributed by atoms with Gasteiger partial charge in [-0.1, -0.05) is 29.8 Å². The minimum absolute atomic E-state index is 0.349. The minimum atomic E-state index is 0.349. The van der Waals surface area contributed by atoms with Gasteiger partial charge in [-0.15, -0.1) is 0 Å². The van der Waals surface area contributed by atoms with Gasteiger partial charge < -0.3 is 4.74 Å². The summed E-state index contributed by atoms with van der Waals surface area (Å²) in [6.45, 7) is 4.25. The third kappa shape index (κ3) is 1.98. The third-order valence-electron chi connectivity index (χ3n) is 2.50. The van der Waals surface area contributed by atoms with Crippen molar-refractivity contribution in [3.63, 3.8) is 0 Å². The fraction of sp³-hybridized carbons (Fsp3) is 0.385. The molecule has 0 amide bonds. The molecule has 1 aromatic carbocycles. The molecule has 2 rings (SSSR count). The van der Waals surface area contributed by atoms with Crippen LogP contribution in [0.5, 0.6) is 5.75 Å². The first kappa shape index (κ1) is 9.32. The lowest BCUT2D eigenvalue weighted by Crippen LogP contribution is -2.11. The molecule has 1 nitrogen and oxygen atoms in total. The van der Waals surface area contributed by atoms with E-state index in [2.05, 4.69) is 38.1 Å². The van der Waals surface area contributed by atoms with Crippen LogP contribution in [-0.4, -0.2) is 6.10 Å². The molecule has 1 aliphatic heterocycles. The summed E-state index contributed by atoms with van der Waals surface area (Å²) in [6, 6.07) is 8.31. The smallest absolute Gasteiger partial charge is 0.123 e. The van der Waals surface area contributed by atoms with Gasteiger partial charge in [-0.3, -0.25) is 0 Å². The van der Waals surface area contributed by atoms with Crippen molar-refractivity contribution >= 4 is 0 Å². The second-order valence-electron chi connectivity index (χ2n) is 4.07. The zero-order chi connectivity index (χ0) is 9.97. The van der Waals surface area contributed by atoms with Gasteiger partial charge in [0.05, 0.1) is 0 Å². The fourth-order valence-corrected chi connectivity index (χ4v) is 1.75. The van der Waals surface area contributed by atoms with E-state index < -0.39 is 0 Å². The highest BCUT2D eigenvalue weighted by Crippen LogP contribution is 2.29. The highest BCUT2D eigenvalue weighted by atomic mass is 16.5. The molecule has 1 unspecified atom stereocenters. The Morgan fingerprint density at radius 1 is 1.43 bits per heavy atom. The molecule has 0 saturated carbocycles. The molecular formula is C13H16O. The quantitative estimate of drug-likeness (QED) is 0.647. The molecule has 0 saturated heterocycles. The maximum Gasteiger partial charge on any atom is 0.123 e. The Kier molecular flexibility index (Phi) is 2.58. The maximum absolute atomic E-state index is 5.81. The Hall–Kier alpha value is -1.24. The third-order valence-corrected chi connectivity index (χ3v) is 2.50. The minimum Gasteiger partial charge on any atom is -0.489 e. The predicted molar refractivity (Wildman–Crippen MR) is 58.6 cm³/mol. The standard InChI is InChI=1S/C13H16O/c1-10(2)7-8-12-9-11-5-3-4-6-13(11)14-12/h3-7,12H,8-9H2,1-2H3. The summed E-state index contributed by atoms with van der Waals surface area (Å²) < 4.78 is 5.81. The van der Waals surface area contributed by atoms with Crippen molar-refractivity contribution < 1.29 is 4.74 Å². The average Bonchev–Trinajstić information content (AvgIpc) is 2.57. The molecule has 0 N–H and O–H groups in total. The fourth-order valence-electron chi connectivity index (χ4n) is 1.75. The van der Waals surface area contributed by atoms with Gasteiger partial charge in [-0.25, -0.2) is 0 Å². The number of hydrogen-bond acceptors (Lipinski definition) is 1. The van der Waals surface area contributed by atoms with Crippen LogP contribution < -0.4 is 4.74 Å². The van der Waals surface area contributed by atoms with Gasteiger partial charge in [-0.05, 0) is 25.5 Å². The van der Waals surface area contributed by atoms with E-state index in [4.69, 9.17) is 4.74 Å². The van der Waals surface area contributed by atoms with Crippen LogP contribution in [0.25, 0.3) is 0 Å². The van der Waals surface area contributed by atoms with E-state index >= 15 is 0 Å². The van der Waals surface area contributed by atoms with Crippen LogP contribution in [0.1, 0.15) is 25.8 Å². The molecule has 1 heterocycles. The van der Waals surface area contributed by atoms with E-state index in [0.717, 1.165) is 18.6 Å². The summed E-state index contributed by atoms with van der Waals surface area (Å²) in [6.07, 6.45) is 4.68. The molecule has 74 valence electrons. The Morgan fingerprint density at radius 2 is 2.21 bits per heavy atom. The summed E-state index contributed by atoms with van der Waals surface area (Å²) in [5.41, 5.74) is 2.71. The van der Waals surface area contributed by atoms with Gasteiger partial charge in [0.1, 0.15) is 11.9 Å². The predicted octanol–water partition coefficient (Wildman–Crippen LogP) is 3.35. The van der Waals surface area contributed by atoms with Gasteiger partial charge in [0.15, 0.2) is 0 Å². The second kappa shape index (κ2) is 3.87. The van der Waals surface area contributed by atoms with Crippen LogP contribution in [0.3, 0.4) is 0 Å². The van der Waals surface area contributed by atoms with Gasteiger partial charge >= 0.3 is 0 Å². The number of fused-ring (bicyclic) bond motifs is 1. The molecule has 0 bridgehead atoms. The number of para-hydroxylation sites is 1. The Bertz CT molecular complexity index is 323. The van der Waals surface area contributed by atoms with Crippen LogP contribution in [0.4, 0.5) is 0 Å². The lowest BCUT2D eigenvalue weighted by molar-refractivity contribution is 0.236. The first-order valence-electron chi connectivity index (χ1n) is 5.13. The number of ether oxygens (including phenoxy) is 1. The van der Waals surface area contributed by atoms with Crippen molar-refractivity contribution in [2.24, 2.45) is 0 Å². The molecular weight excluding hydrogens is 172 g/mol. The number of allylic oxidation sites excluding steroid dienone is 1. The molecule has 0 aliphatic carbocycles. The van der Waals surface area contributed by atoms with Gasteiger partial charge in [-0.2, -0.15) is 0 Å². The second-order valence-corrected chi connectivity index (χ2v) is 4.07. The number of rotatable bonds is 2. The van der Waals surface area contributed by atoms with Crippen LogP contribution in [-0.2, 0) is 6.42 Å². The van der Waals surface area contributed by atoms with Gasteiger partial charge in [0.2, 0.25) is 0 Å². The first-order valence-corrected chi connectivity index (χ1v) is 5.13. The molecule has 0 spiro atoms. The summed E-state index contributed by atoms with van der Waals surface area (Å²) in [5.74, 6) is 1.07. The van der Waals surface area contributed by atoms with E-state index in [1.165, 1.54) is 11.1 Å². The summed E-state index contributed by atoms with van der Waals surface area (Å²) in [5, 5.41) is 0. The molecule has 1 aromatic rings. The topological polar surface area (TPSA) is 9.23 Å². The molecule has 0 aromatic heterocycles. The lowest BCUT2D eigenvalue weighted by atomic mass is 10.1. The largest absolute Gasteiger partial charge is 0.489 e. The van der Waals surface area contributed by atoms with E-state index in [-0.39, 0.29) is 0 Å². The van der Waals surface area contributed by atoms with Crippen molar-refractivity contribution in [3.05, 3.63) is 41.5 Å². The van der Waals surface area contributed by atoms with Crippen molar-refractivity contribution in [2.75, 3.05) is 0 Å². The van der Waals surface area contributed by atoms with E-state index in [1.807, 2.05) is 6.07 Å². The maximum atomic E-state index is 5.81. The average molecular weight is 188 g/mol. The molecule has 0 radical (unpaired) electrons. The van der Waals surface area contributed by atoms with Gasteiger partial charge in [0, 0.05) is 12.8 Å². The zero-order valence-corrected chi connectivity index (χ0v) is 8.79. The SMILES string of the molecule is CC(C)=CCC1Cc2ccccc2O1. The monoisotopic (exact) mass is 188 g/mol. The van der Waals surface area contributed by atoms with Crippen molar-refractivity contribution in [1.82, 2.24) is 0 Å². The summed E-state index contributed by atoms with van der Waals surface area (Å²) >= 11 is 0. The summed E-state index contributed by atoms with van der Waals surface area (Å²) in [7, 11) is 0. The van der Waals surface area contributed by atoms with Crippen molar-refractivity contribution in [2.45, 2.75) is 32.8 Å². The molecule has 1 atom stereocenters. The van der Waals surface area contributed by atoms with E-state index in [1.54, 1.807) is 0 Å². The Morgan fingerprint density at radius 3 is 2.93 bits per heavy atom. The molecule has 14 heavy (non-hydrogen) atoms. The highest BCUT2D eigenvalue weighted by Gasteiger charge is 2.20. The van der Waals surface area contributed by atoms with Gasteiger partial charge in [0.25, 0.3) is 0 Å². The lowest BCUT2D eigenvalue weighted by Gasteiger charge is -2.07. The number of benzene rings is 1. The van der Waals surface area contributed by atoms with E-state index in [9.17, 15) is 0 Å². The Labute approximate surface area is 85.4 Å². The Balaban J connectivity index is 2.02. The van der Waals surface area contributed by atoms with Crippen LogP contribution in [0.2, 0.25) is 0 Å². The first-order chi connectivity index (χ1) is 6.75. The molecule has 0 fully saturated rings.